The van der Waals surface area contributed by atoms with Crippen LogP contribution in [0.3, 0.4) is 0 Å². The predicted molar refractivity (Wildman–Crippen MR) is 156 cm³/mol. The molecule has 4 rings (SSSR count). The minimum atomic E-state index is -4.92. The summed E-state index contributed by atoms with van der Waals surface area (Å²) in [5, 5.41) is 15.6. The van der Waals surface area contributed by atoms with E-state index in [0.29, 0.717) is 30.0 Å². The normalized spacial score (nSPS) is 14.5. The number of nitriles is 1. The number of nitrogens with zero attached hydrogens (tertiary/aromatic N) is 6. The van der Waals surface area contributed by atoms with Crippen LogP contribution in [0.15, 0.2) is 53.6 Å². The van der Waals surface area contributed by atoms with Gasteiger partial charge in [-0.3, -0.25) is 9.59 Å². The number of pyridine rings is 1. The van der Waals surface area contributed by atoms with Crippen LogP contribution in [0.25, 0.3) is 0 Å². The van der Waals surface area contributed by atoms with Gasteiger partial charge >= 0.3 is 6.18 Å². The van der Waals surface area contributed by atoms with Crippen molar-refractivity contribution < 1.29 is 27.4 Å². The van der Waals surface area contributed by atoms with Crippen LogP contribution >= 0.6 is 0 Å². The molecule has 1 aliphatic rings. The highest BCUT2D eigenvalue weighted by atomic mass is 19.4. The molecule has 234 valence electrons. The van der Waals surface area contributed by atoms with E-state index in [4.69, 9.17) is 14.7 Å². The van der Waals surface area contributed by atoms with Crippen LogP contribution in [0.1, 0.15) is 36.5 Å². The Morgan fingerprint density at radius 3 is 2.48 bits per heavy atom. The second-order valence-corrected chi connectivity index (χ2v) is 10.5. The fourth-order valence-electron chi connectivity index (χ4n) is 4.95. The van der Waals surface area contributed by atoms with Crippen molar-refractivity contribution in [1.82, 2.24) is 19.7 Å². The number of piperidine rings is 1. The summed E-state index contributed by atoms with van der Waals surface area (Å²) in [6.07, 6.45) is -0.974. The summed E-state index contributed by atoms with van der Waals surface area (Å²) in [5.41, 5.74) is -2.02. The van der Waals surface area contributed by atoms with E-state index in [2.05, 4.69) is 20.3 Å². The lowest BCUT2D eigenvalue weighted by Gasteiger charge is -2.37. The molecule has 1 amide bonds. The summed E-state index contributed by atoms with van der Waals surface area (Å²) in [7, 11) is 3.20. The highest BCUT2D eigenvalue weighted by Gasteiger charge is 2.38. The van der Waals surface area contributed by atoms with Gasteiger partial charge in [-0.05, 0) is 49.6 Å². The number of benzene rings is 1. The quantitative estimate of drug-likeness (QED) is 0.346. The van der Waals surface area contributed by atoms with Crippen LogP contribution in [0.4, 0.5) is 24.7 Å². The third-order valence-electron chi connectivity index (χ3n) is 7.42. The summed E-state index contributed by atoms with van der Waals surface area (Å²) in [6.45, 7) is 2.51. The second kappa shape index (κ2) is 14.2. The summed E-state index contributed by atoms with van der Waals surface area (Å²) in [5.74, 6) is 1.11. The molecule has 0 saturated carbocycles. The number of halogens is 3. The third-order valence-corrected chi connectivity index (χ3v) is 7.42. The number of methoxy groups -OCH3 is 1. The molecule has 2 aromatic heterocycles. The number of amides is 1. The molecule has 44 heavy (non-hydrogen) atoms. The van der Waals surface area contributed by atoms with E-state index in [1.165, 1.54) is 13.3 Å². The monoisotopic (exact) mass is 613 g/mol. The van der Waals surface area contributed by atoms with Gasteiger partial charge in [0.15, 0.2) is 0 Å². The fourth-order valence-corrected chi connectivity index (χ4v) is 4.95. The molecular formula is C30H34F3N7O4. The Bertz CT molecular complexity index is 1510. The maximum atomic E-state index is 14.0. The van der Waals surface area contributed by atoms with Crippen LogP contribution in [-0.2, 0) is 22.3 Å². The van der Waals surface area contributed by atoms with Gasteiger partial charge in [0.05, 0.1) is 37.7 Å². The molecular weight excluding hydrogens is 579 g/mol. The average molecular weight is 614 g/mol. The number of likely N-dealkylation sites (N-methyl/N-ethyl adjacent to an activating group) is 1. The number of rotatable bonds is 11. The molecule has 1 fully saturated rings. The molecule has 1 atom stereocenters. The van der Waals surface area contributed by atoms with Crippen molar-refractivity contribution in [3.8, 4) is 11.8 Å². The molecule has 1 N–H and O–H groups in total. The molecule has 0 bridgehead atoms. The van der Waals surface area contributed by atoms with Gasteiger partial charge in [-0.1, -0.05) is 12.1 Å². The van der Waals surface area contributed by atoms with Crippen LogP contribution in [0.5, 0.6) is 5.75 Å². The lowest BCUT2D eigenvalue weighted by atomic mass is 10.0. The molecule has 1 aromatic carbocycles. The summed E-state index contributed by atoms with van der Waals surface area (Å²) < 4.78 is 53.2. The van der Waals surface area contributed by atoms with Crippen molar-refractivity contribution in [1.29, 1.82) is 5.26 Å². The summed E-state index contributed by atoms with van der Waals surface area (Å²) in [4.78, 5) is 33.6. The van der Waals surface area contributed by atoms with Gasteiger partial charge in [-0.2, -0.15) is 23.5 Å². The zero-order chi connectivity index (χ0) is 31.9. The van der Waals surface area contributed by atoms with E-state index < -0.39 is 29.0 Å². The number of alkyl halides is 3. The van der Waals surface area contributed by atoms with Gasteiger partial charge in [0, 0.05) is 38.4 Å². The highest BCUT2D eigenvalue weighted by Crippen LogP contribution is 2.32. The Labute approximate surface area is 252 Å². The number of carbonyl (C=O) groups is 1. The van der Waals surface area contributed by atoms with Crippen LogP contribution in [0, 0.1) is 11.3 Å². The molecule has 1 unspecified atom stereocenters. The van der Waals surface area contributed by atoms with Crippen molar-refractivity contribution in [2.24, 2.45) is 0 Å². The van der Waals surface area contributed by atoms with Crippen molar-refractivity contribution in [2.45, 2.75) is 44.6 Å². The standard InChI is InChI=1S/C30H34F3N7O4/c1-20(18-44-19-27(41)38(2)23-10-12-39(13-11-23)26-9-6-22(14-34)15-35-26)37-25-16-36-40(29(42)28(25)30(31,32)33)17-21-4-7-24(43-3)8-5-21/h4-9,15-16,20,23,37H,10-13,17-19H2,1-3H3. The number of ether oxygens (including phenoxy) is 2. The first-order chi connectivity index (χ1) is 21.0. The fraction of sp³-hybridized carbons (Fsp3) is 0.433. The van der Waals surface area contributed by atoms with Crippen LogP contribution in [-0.4, -0.2) is 78.1 Å². The van der Waals surface area contributed by atoms with Gasteiger partial charge in [0.25, 0.3) is 5.56 Å². The Hall–Kier alpha value is -4.64. The van der Waals surface area contributed by atoms with E-state index in [-0.39, 0.29) is 31.7 Å². The van der Waals surface area contributed by atoms with E-state index in [1.54, 1.807) is 55.3 Å². The molecule has 0 spiro atoms. The van der Waals surface area contributed by atoms with Gasteiger partial charge in [-0.15, -0.1) is 0 Å². The van der Waals surface area contributed by atoms with E-state index in [0.717, 1.165) is 29.5 Å². The van der Waals surface area contributed by atoms with Crippen molar-refractivity contribution in [3.05, 3.63) is 75.8 Å². The van der Waals surface area contributed by atoms with Crippen molar-refractivity contribution >= 4 is 17.4 Å². The number of anilines is 2. The van der Waals surface area contributed by atoms with Gasteiger partial charge in [-0.25, -0.2) is 9.67 Å². The first-order valence-electron chi connectivity index (χ1n) is 14.0. The average Bonchev–Trinajstić information content (AvgIpc) is 3.01. The zero-order valence-corrected chi connectivity index (χ0v) is 24.7. The van der Waals surface area contributed by atoms with Gasteiger partial charge < -0.3 is 24.6 Å². The minimum Gasteiger partial charge on any atom is -0.497 e. The second-order valence-electron chi connectivity index (χ2n) is 10.5. The Morgan fingerprint density at radius 1 is 1.18 bits per heavy atom. The number of aromatic nitrogens is 3. The highest BCUT2D eigenvalue weighted by molar-refractivity contribution is 5.77. The predicted octanol–water partition coefficient (Wildman–Crippen LogP) is 3.53. The van der Waals surface area contributed by atoms with Crippen LogP contribution in [0.2, 0.25) is 0 Å². The Balaban J connectivity index is 1.28. The molecule has 0 radical (unpaired) electrons. The summed E-state index contributed by atoms with van der Waals surface area (Å²) in [6, 6.07) is 11.5. The van der Waals surface area contributed by atoms with Crippen molar-refractivity contribution in [3.63, 3.8) is 0 Å². The number of hydrogen-bond donors (Lipinski definition) is 1. The topological polar surface area (TPSA) is 126 Å². The van der Waals surface area contributed by atoms with E-state index >= 15 is 0 Å². The van der Waals surface area contributed by atoms with Crippen molar-refractivity contribution in [2.75, 3.05) is 50.7 Å². The maximum Gasteiger partial charge on any atom is 0.423 e. The first-order valence-corrected chi connectivity index (χ1v) is 14.0. The van der Waals surface area contributed by atoms with Gasteiger partial charge in [0.1, 0.15) is 29.8 Å². The lowest BCUT2D eigenvalue weighted by Crippen LogP contribution is -2.47. The molecule has 3 heterocycles. The maximum absolute atomic E-state index is 14.0. The Kier molecular flexibility index (Phi) is 10.4. The lowest BCUT2D eigenvalue weighted by molar-refractivity contribution is -0.138. The number of hydrogen-bond acceptors (Lipinski definition) is 9. The number of carbonyl (C=O) groups excluding carboxylic acids is 1. The molecule has 1 aliphatic heterocycles. The molecule has 1 saturated heterocycles. The summed E-state index contributed by atoms with van der Waals surface area (Å²) >= 11 is 0. The third kappa shape index (κ3) is 8.04. The van der Waals surface area contributed by atoms with E-state index in [1.807, 2.05) is 6.07 Å². The molecule has 11 nitrogen and oxygen atoms in total. The minimum absolute atomic E-state index is 0.00102. The molecule has 14 heteroatoms. The smallest absolute Gasteiger partial charge is 0.423 e. The van der Waals surface area contributed by atoms with E-state index in [9.17, 15) is 22.8 Å². The SMILES string of the molecule is COc1ccc(Cn2ncc(NC(C)COCC(=O)N(C)C3CCN(c4ccc(C#N)cn4)CC3)c(C(F)(F)F)c2=O)cc1. The first kappa shape index (κ1) is 32.3. The van der Waals surface area contributed by atoms with Gasteiger partial charge in [0.2, 0.25) is 5.91 Å². The zero-order valence-electron chi connectivity index (χ0n) is 24.7. The van der Waals surface area contributed by atoms with Crippen LogP contribution < -0.4 is 20.5 Å². The largest absolute Gasteiger partial charge is 0.497 e. The Morgan fingerprint density at radius 2 is 1.89 bits per heavy atom. The molecule has 0 aliphatic carbocycles. The molecule has 3 aromatic rings. The number of nitrogens with one attached hydrogen (secondary N) is 1.